The molecule has 2 atom stereocenters. The van der Waals surface area contributed by atoms with Crippen LogP contribution in [0, 0.1) is 0 Å². The van der Waals surface area contributed by atoms with Crippen LogP contribution >= 0.6 is 0 Å². The number of hydrogen-bond donors (Lipinski definition) is 5. The molecule has 7 N–H and O–H groups in total. The van der Waals surface area contributed by atoms with Crippen LogP contribution in [-0.4, -0.2) is 34.2 Å². The molecule has 26 heavy (non-hydrogen) atoms. The summed E-state index contributed by atoms with van der Waals surface area (Å²) < 4.78 is 0. The van der Waals surface area contributed by atoms with Crippen molar-refractivity contribution < 1.29 is 19.8 Å². The Balaban J connectivity index is 1.97. The SMILES string of the molecule is NCc1ccc(C[C@@H](NC(=O)[C@@H](N)Cc2ccc(O)cc2)C(=O)O)cc1. The van der Waals surface area contributed by atoms with Gasteiger partial charge in [0.1, 0.15) is 11.8 Å². The van der Waals surface area contributed by atoms with E-state index in [2.05, 4.69) is 5.32 Å². The van der Waals surface area contributed by atoms with Crippen molar-refractivity contribution in [3.8, 4) is 5.75 Å². The van der Waals surface area contributed by atoms with Crippen LogP contribution in [-0.2, 0) is 29.0 Å². The van der Waals surface area contributed by atoms with E-state index in [4.69, 9.17) is 11.5 Å². The highest BCUT2D eigenvalue weighted by Crippen LogP contribution is 2.11. The smallest absolute Gasteiger partial charge is 0.326 e. The number of phenols is 1. The van der Waals surface area contributed by atoms with Gasteiger partial charge in [-0.05, 0) is 35.2 Å². The van der Waals surface area contributed by atoms with E-state index in [1.165, 1.54) is 12.1 Å². The molecule has 0 spiro atoms. The van der Waals surface area contributed by atoms with Gasteiger partial charge in [0.15, 0.2) is 0 Å². The molecule has 2 aromatic rings. The predicted molar refractivity (Wildman–Crippen MR) is 97.4 cm³/mol. The molecule has 0 aliphatic carbocycles. The molecule has 0 heterocycles. The summed E-state index contributed by atoms with van der Waals surface area (Å²) in [7, 11) is 0. The maximum absolute atomic E-state index is 12.3. The molecule has 0 saturated carbocycles. The molecule has 138 valence electrons. The molecular weight excluding hydrogens is 334 g/mol. The zero-order valence-electron chi connectivity index (χ0n) is 14.3. The van der Waals surface area contributed by atoms with Crippen LogP contribution < -0.4 is 16.8 Å². The Morgan fingerprint density at radius 3 is 1.96 bits per heavy atom. The number of carboxylic acid groups (broad SMARTS) is 1. The Kier molecular flexibility index (Phi) is 6.71. The Morgan fingerprint density at radius 2 is 1.42 bits per heavy atom. The van der Waals surface area contributed by atoms with E-state index in [0.29, 0.717) is 6.54 Å². The van der Waals surface area contributed by atoms with Crippen molar-refractivity contribution in [2.45, 2.75) is 31.5 Å². The molecule has 0 aliphatic rings. The van der Waals surface area contributed by atoms with Gasteiger partial charge in [-0.3, -0.25) is 4.79 Å². The number of carbonyl (C=O) groups is 2. The topological polar surface area (TPSA) is 139 Å². The van der Waals surface area contributed by atoms with E-state index in [9.17, 15) is 19.8 Å². The number of hydrogen-bond acceptors (Lipinski definition) is 5. The molecule has 0 saturated heterocycles. The standard InChI is InChI=1S/C19H23N3O4/c20-11-14-3-1-13(2-4-14)10-17(19(25)26)22-18(24)16(21)9-12-5-7-15(23)8-6-12/h1-8,16-17,23H,9-11,20-21H2,(H,22,24)(H,25,26)/t16-,17+/m0/s1. The van der Waals surface area contributed by atoms with E-state index < -0.39 is 24.0 Å². The number of nitrogens with two attached hydrogens (primary N) is 2. The zero-order valence-corrected chi connectivity index (χ0v) is 14.3. The number of benzene rings is 2. The third kappa shape index (κ3) is 5.58. The quantitative estimate of drug-likeness (QED) is 0.467. The van der Waals surface area contributed by atoms with Gasteiger partial charge in [0.25, 0.3) is 0 Å². The Bertz CT molecular complexity index is 744. The van der Waals surface area contributed by atoms with Crippen LogP contribution in [0.1, 0.15) is 16.7 Å². The summed E-state index contributed by atoms with van der Waals surface area (Å²) in [5.74, 6) is -1.54. The summed E-state index contributed by atoms with van der Waals surface area (Å²) in [4.78, 5) is 23.7. The van der Waals surface area contributed by atoms with Gasteiger partial charge < -0.3 is 27.0 Å². The third-order valence-electron chi connectivity index (χ3n) is 4.04. The average Bonchev–Trinajstić information content (AvgIpc) is 2.63. The van der Waals surface area contributed by atoms with Gasteiger partial charge in [-0.15, -0.1) is 0 Å². The van der Waals surface area contributed by atoms with E-state index in [1.54, 1.807) is 24.3 Å². The summed E-state index contributed by atoms with van der Waals surface area (Å²) in [6, 6.07) is 11.6. The summed E-state index contributed by atoms with van der Waals surface area (Å²) in [5, 5.41) is 21.1. The maximum Gasteiger partial charge on any atom is 0.326 e. The first-order chi connectivity index (χ1) is 12.4. The lowest BCUT2D eigenvalue weighted by Gasteiger charge is -2.18. The highest BCUT2D eigenvalue weighted by molar-refractivity contribution is 5.87. The number of aliphatic carboxylic acids is 1. The fraction of sp³-hybridized carbons (Fsp3) is 0.263. The highest BCUT2D eigenvalue weighted by Gasteiger charge is 2.23. The maximum atomic E-state index is 12.3. The lowest BCUT2D eigenvalue weighted by Crippen LogP contribution is -2.50. The number of phenolic OH excluding ortho intramolecular Hbond substituents is 1. The molecule has 0 unspecified atom stereocenters. The van der Waals surface area contributed by atoms with Crippen molar-refractivity contribution in [1.29, 1.82) is 0 Å². The first kappa shape index (κ1) is 19.4. The van der Waals surface area contributed by atoms with Crippen molar-refractivity contribution >= 4 is 11.9 Å². The summed E-state index contributed by atoms with van der Waals surface area (Å²) >= 11 is 0. The van der Waals surface area contributed by atoms with Crippen LogP contribution in [0.4, 0.5) is 0 Å². The molecule has 0 radical (unpaired) electrons. The molecule has 7 heteroatoms. The lowest BCUT2D eigenvalue weighted by atomic mass is 10.0. The second-order valence-electron chi connectivity index (χ2n) is 6.10. The highest BCUT2D eigenvalue weighted by atomic mass is 16.4. The summed E-state index contributed by atoms with van der Waals surface area (Å²) in [6.07, 6.45) is 0.390. The van der Waals surface area contributed by atoms with Crippen LogP contribution in [0.25, 0.3) is 0 Å². The Morgan fingerprint density at radius 1 is 0.923 bits per heavy atom. The van der Waals surface area contributed by atoms with Crippen molar-refractivity contribution in [2.75, 3.05) is 0 Å². The number of carbonyl (C=O) groups excluding carboxylic acids is 1. The molecule has 2 aromatic carbocycles. The van der Waals surface area contributed by atoms with Gasteiger partial charge in [-0.25, -0.2) is 4.79 Å². The average molecular weight is 357 g/mol. The van der Waals surface area contributed by atoms with E-state index >= 15 is 0 Å². The monoisotopic (exact) mass is 357 g/mol. The summed E-state index contributed by atoms with van der Waals surface area (Å²) in [6.45, 7) is 0.408. The van der Waals surface area contributed by atoms with Gasteiger partial charge in [0, 0.05) is 13.0 Å². The fourth-order valence-electron chi connectivity index (χ4n) is 2.50. The van der Waals surface area contributed by atoms with E-state index in [-0.39, 0.29) is 18.6 Å². The molecule has 0 bridgehead atoms. The first-order valence-corrected chi connectivity index (χ1v) is 8.23. The van der Waals surface area contributed by atoms with Crippen molar-refractivity contribution in [2.24, 2.45) is 11.5 Å². The Labute approximate surface area is 151 Å². The minimum absolute atomic E-state index is 0.123. The molecule has 7 nitrogen and oxygen atoms in total. The van der Waals surface area contributed by atoms with E-state index in [1.807, 2.05) is 12.1 Å². The Hall–Kier alpha value is -2.90. The molecule has 0 aromatic heterocycles. The number of aromatic hydroxyl groups is 1. The van der Waals surface area contributed by atoms with Gasteiger partial charge in [-0.2, -0.15) is 0 Å². The van der Waals surface area contributed by atoms with Gasteiger partial charge in [0.2, 0.25) is 5.91 Å². The van der Waals surface area contributed by atoms with Crippen molar-refractivity contribution in [3.63, 3.8) is 0 Å². The van der Waals surface area contributed by atoms with Gasteiger partial charge in [-0.1, -0.05) is 36.4 Å². The van der Waals surface area contributed by atoms with E-state index in [0.717, 1.165) is 16.7 Å². The minimum atomic E-state index is -1.13. The predicted octanol–water partition coefficient (Wildman–Crippen LogP) is 0.533. The molecule has 0 fully saturated rings. The third-order valence-corrected chi connectivity index (χ3v) is 4.04. The molecule has 2 rings (SSSR count). The minimum Gasteiger partial charge on any atom is -0.508 e. The largest absolute Gasteiger partial charge is 0.508 e. The molecule has 0 aliphatic heterocycles. The van der Waals surface area contributed by atoms with Crippen molar-refractivity contribution in [3.05, 3.63) is 65.2 Å². The number of nitrogens with one attached hydrogen (secondary N) is 1. The van der Waals surface area contributed by atoms with Gasteiger partial charge >= 0.3 is 5.97 Å². The normalized spacial score (nSPS) is 13.0. The zero-order chi connectivity index (χ0) is 19.1. The molecule has 1 amide bonds. The second-order valence-corrected chi connectivity index (χ2v) is 6.10. The number of carboxylic acids is 1. The van der Waals surface area contributed by atoms with Crippen LogP contribution in [0.15, 0.2) is 48.5 Å². The lowest BCUT2D eigenvalue weighted by molar-refractivity contribution is -0.141. The summed E-state index contributed by atoms with van der Waals surface area (Å²) in [5.41, 5.74) is 13.9. The van der Waals surface area contributed by atoms with Crippen molar-refractivity contribution in [1.82, 2.24) is 5.32 Å². The van der Waals surface area contributed by atoms with Crippen LogP contribution in [0.5, 0.6) is 5.75 Å². The number of rotatable bonds is 8. The molecular formula is C19H23N3O4. The first-order valence-electron chi connectivity index (χ1n) is 8.23. The van der Waals surface area contributed by atoms with Crippen LogP contribution in [0.2, 0.25) is 0 Å². The van der Waals surface area contributed by atoms with Crippen LogP contribution in [0.3, 0.4) is 0 Å². The van der Waals surface area contributed by atoms with Gasteiger partial charge in [0.05, 0.1) is 6.04 Å². The number of amides is 1. The second kappa shape index (κ2) is 8.98. The fourth-order valence-corrected chi connectivity index (χ4v) is 2.50.